The fraction of sp³-hybridized carbons (Fsp3) is 1.00. The number of nitrogens with one attached hydrogen (secondary N) is 1. The Balaban J connectivity index is 1.61. The molecule has 3 atom stereocenters. The molecule has 4 heteroatoms. The molecule has 1 heterocycles. The molecule has 0 radical (unpaired) electrons. The van der Waals surface area contributed by atoms with Crippen LogP contribution in [0.3, 0.4) is 0 Å². The van der Waals surface area contributed by atoms with Crippen LogP contribution >= 0.6 is 0 Å². The molecule has 1 saturated carbocycles. The molecular formula is C15H29NO2S. The first-order chi connectivity index (χ1) is 9.11. The van der Waals surface area contributed by atoms with Crippen LogP contribution in [0.2, 0.25) is 0 Å². The Morgan fingerprint density at radius 3 is 2.74 bits per heavy atom. The van der Waals surface area contributed by atoms with E-state index >= 15 is 0 Å². The Morgan fingerprint density at radius 2 is 2.05 bits per heavy atom. The van der Waals surface area contributed by atoms with Gasteiger partial charge < -0.3 is 10.1 Å². The second kappa shape index (κ2) is 7.19. The van der Waals surface area contributed by atoms with Crippen LogP contribution in [0, 0.1) is 0 Å². The van der Waals surface area contributed by atoms with Crippen molar-refractivity contribution in [3.63, 3.8) is 0 Å². The smallest absolute Gasteiger partial charge is 0.0708 e. The van der Waals surface area contributed by atoms with E-state index in [4.69, 9.17) is 4.74 Å². The Kier molecular flexibility index (Phi) is 5.85. The van der Waals surface area contributed by atoms with Gasteiger partial charge in [0.1, 0.15) is 0 Å². The number of hydrogen-bond donors (Lipinski definition) is 1. The van der Waals surface area contributed by atoms with Crippen molar-refractivity contribution in [2.75, 3.05) is 19.3 Å². The molecule has 1 aliphatic carbocycles. The molecule has 1 N–H and O–H groups in total. The van der Waals surface area contributed by atoms with Gasteiger partial charge in [-0.1, -0.05) is 26.2 Å². The summed E-state index contributed by atoms with van der Waals surface area (Å²) >= 11 is 0. The minimum Gasteiger partial charge on any atom is -0.370 e. The van der Waals surface area contributed by atoms with Gasteiger partial charge in [-0.15, -0.1) is 0 Å². The summed E-state index contributed by atoms with van der Waals surface area (Å²) in [4.78, 5) is 0. The summed E-state index contributed by atoms with van der Waals surface area (Å²) in [6.45, 7) is 3.97. The average molecular weight is 287 g/mol. The van der Waals surface area contributed by atoms with Crippen molar-refractivity contribution in [2.45, 2.75) is 75.2 Å². The van der Waals surface area contributed by atoms with Gasteiger partial charge in [0.25, 0.3) is 0 Å². The summed E-state index contributed by atoms with van der Waals surface area (Å²) < 4.78 is 17.6. The second-order valence-corrected chi connectivity index (χ2v) is 8.13. The van der Waals surface area contributed by atoms with Gasteiger partial charge in [-0.3, -0.25) is 4.21 Å². The summed E-state index contributed by atoms with van der Waals surface area (Å²) in [5, 5.41) is 3.77. The van der Waals surface area contributed by atoms with Crippen molar-refractivity contribution in [3.05, 3.63) is 0 Å². The van der Waals surface area contributed by atoms with E-state index in [1.807, 2.05) is 0 Å². The van der Waals surface area contributed by atoms with Gasteiger partial charge in [-0.05, 0) is 38.6 Å². The monoisotopic (exact) mass is 287 g/mol. The molecule has 0 bridgehead atoms. The molecule has 2 aliphatic rings. The fourth-order valence-electron chi connectivity index (χ4n) is 3.34. The lowest BCUT2D eigenvalue weighted by Crippen LogP contribution is -2.35. The van der Waals surface area contributed by atoms with Gasteiger partial charge in [0, 0.05) is 28.9 Å². The lowest BCUT2D eigenvalue weighted by molar-refractivity contribution is -0.0622. The van der Waals surface area contributed by atoms with Crippen LogP contribution in [0.15, 0.2) is 0 Å². The maximum atomic E-state index is 11.3. The maximum absolute atomic E-state index is 11.3. The zero-order valence-electron chi connectivity index (χ0n) is 12.5. The van der Waals surface area contributed by atoms with E-state index in [1.54, 1.807) is 6.26 Å². The third-order valence-corrected chi connectivity index (χ3v) is 6.14. The highest BCUT2D eigenvalue weighted by molar-refractivity contribution is 7.84. The molecule has 1 saturated heterocycles. The fourth-order valence-corrected chi connectivity index (χ4v) is 3.79. The minimum atomic E-state index is -0.696. The van der Waals surface area contributed by atoms with E-state index in [2.05, 4.69) is 12.2 Å². The molecule has 0 aromatic rings. The van der Waals surface area contributed by atoms with Crippen LogP contribution in [0.4, 0.5) is 0 Å². The van der Waals surface area contributed by atoms with Gasteiger partial charge in [0.2, 0.25) is 0 Å². The Morgan fingerprint density at radius 1 is 1.32 bits per heavy atom. The molecule has 2 fully saturated rings. The number of ether oxygens (including phenoxy) is 1. The molecule has 0 aromatic carbocycles. The Labute approximate surface area is 120 Å². The predicted molar refractivity (Wildman–Crippen MR) is 80.9 cm³/mol. The summed E-state index contributed by atoms with van der Waals surface area (Å²) in [5.74, 6) is 0. The molecule has 1 spiro atoms. The van der Waals surface area contributed by atoms with E-state index in [0.29, 0.717) is 11.4 Å². The van der Waals surface area contributed by atoms with Crippen LogP contribution in [-0.2, 0) is 15.5 Å². The molecule has 1 aliphatic heterocycles. The standard InChI is InChI=1S/C15H29NO2S/c1-13(19(2)17)7-11-16-12-14-6-10-15(18-14)8-4-3-5-9-15/h13-14,16H,3-12H2,1-2H3. The highest BCUT2D eigenvalue weighted by Gasteiger charge is 2.40. The predicted octanol–water partition coefficient (Wildman–Crippen LogP) is 2.62. The van der Waals surface area contributed by atoms with E-state index in [0.717, 1.165) is 19.5 Å². The van der Waals surface area contributed by atoms with Crippen molar-refractivity contribution in [1.29, 1.82) is 0 Å². The summed E-state index contributed by atoms with van der Waals surface area (Å²) in [6.07, 6.45) is 12.3. The largest absolute Gasteiger partial charge is 0.370 e. The molecular weight excluding hydrogens is 258 g/mol. The van der Waals surface area contributed by atoms with Crippen molar-refractivity contribution >= 4 is 10.8 Å². The summed E-state index contributed by atoms with van der Waals surface area (Å²) in [7, 11) is -0.696. The van der Waals surface area contributed by atoms with Crippen LogP contribution in [0.1, 0.15) is 58.3 Å². The van der Waals surface area contributed by atoms with Crippen LogP contribution in [0.25, 0.3) is 0 Å². The quantitative estimate of drug-likeness (QED) is 0.763. The lowest BCUT2D eigenvalue weighted by atomic mass is 9.83. The van der Waals surface area contributed by atoms with Crippen molar-refractivity contribution < 1.29 is 8.95 Å². The third-order valence-electron chi connectivity index (χ3n) is 4.77. The van der Waals surface area contributed by atoms with Crippen molar-refractivity contribution in [2.24, 2.45) is 0 Å². The number of rotatable bonds is 6. The molecule has 2 rings (SSSR count). The first-order valence-electron chi connectivity index (χ1n) is 7.82. The van der Waals surface area contributed by atoms with Gasteiger partial charge >= 0.3 is 0 Å². The van der Waals surface area contributed by atoms with Gasteiger partial charge in [-0.2, -0.15) is 0 Å². The normalized spacial score (nSPS) is 29.5. The third kappa shape index (κ3) is 4.54. The zero-order valence-corrected chi connectivity index (χ0v) is 13.3. The SMILES string of the molecule is CC(CCNCC1CCC2(CCCCC2)O1)S(C)=O. The van der Waals surface area contributed by atoms with Gasteiger partial charge in [-0.25, -0.2) is 0 Å². The summed E-state index contributed by atoms with van der Waals surface area (Å²) in [6, 6.07) is 0. The average Bonchev–Trinajstić information content (AvgIpc) is 2.78. The van der Waals surface area contributed by atoms with E-state index in [9.17, 15) is 4.21 Å². The highest BCUT2D eigenvalue weighted by atomic mass is 32.2. The van der Waals surface area contributed by atoms with Crippen molar-refractivity contribution in [1.82, 2.24) is 5.32 Å². The highest BCUT2D eigenvalue weighted by Crippen LogP contribution is 2.41. The molecule has 112 valence electrons. The van der Waals surface area contributed by atoms with Crippen LogP contribution in [0.5, 0.6) is 0 Å². The Bertz CT molecular complexity index is 303. The topological polar surface area (TPSA) is 38.3 Å². The number of hydrogen-bond acceptors (Lipinski definition) is 3. The zero-order chi connectivity index (χ0) is 13.7. The van der Waals surface area contributed by atoms with E-state index in [-0.39, 0.29) is 5.60 Å². The maximum Gasteiger partial charge on any atom is 0.0708 e. The van der Waals surface area contributed by atoms with Crippen LogP contribution < -0.4 is 5.32 Å². The molecule has 3 unspecified atom stereocenters. The van der Waals surface area contributed by atoms with Crippen LogP contribution in [-0.4, -0.2) is 40.5 Å². The first-order valence-corrected chi connectivity index (χ1v) is 9.44. The first kappa shape index (κ1) is 15.5. The van der Waals surface area contributed by atoms with Gasteiger partial charge in [0.05, 0.1) is 11.7 Å². The molecule has 0 aromatic heterocycles. The lowest BCUT2D eigenvalue weighted by Gasteiger charge is -2.33. The van der Waals surface area contributed by atoms with Gasteiger partial charge in [0.15, 0.2) is 0 Å². The second-order valence-electron chi connectivity index (χ2n) is 6.32. The van der Waals surface area contributed by atoms with E-state index in [1.165, 1.54) is 44.9 Å². The molecule has 19 heavy (non-hydrogen) atoms. The Hall–Kier alpha value is 0.0700. The minimum absolute atomic E-state index is 0.239. The molecule has 3 nitrogen and oxygen atoms in total. The van der Waals surface area contributed by atoms with Crippen molar-refractivity contribution in [3.8, 4) is 0 Å². The summed E-state index contributed by atoms with van der Waals surface area (Å²) in [5.41, 5.74) is 0.239. The molecule has 0 amide bonds. The van der Waals surface area contributed by atoms with E-state index < -0.39 is 10.8 Å².